The topological polar surface area (TPSA) is 39.2 Å². The zero-order valence-corrected chi connectivity index (χ0v) is 10.1. The highest BCUT2D eigenvalue weighted by Crippen LogP contribution is 2.38. The first kappa shape index (κ1) is 10.8. The molecule has 3 nitrogen and oxygen atoms in total. The highest BCUT2D eigenvalue weighted by molar-refractivity contribution is 7.12. The minimum atomic E-state index is -0.261. The molecule has 0 bridgehead atoms. The van der Waals surface area contributed by atoms with Crippen LogP contribution in [0.15, 0.2) is 0 Å². The van der Waals surface area contributed by atoms with Crippen molar-refractivity contribution in [2.45, 2.75) is 39.2 Å². The van der Waals surface area contributed by atoms with Gasteiger partial charge in [0.25, 0.3) is 0 Å². The molecule has 2 rings (SSSR count). The fourth-order valence-corrected chi connectivity index (χ4v) is 2.99. The summed E-state index contributed by atoms with van der Waals surface area (Å²) in [5, 5.41) is 0.947. The van der Waals surface area contributed by atoms with E-state index in [9.17, 15) is 4.79 Å². The Balaban J connectivity index is 2.37. The molecule has 1 saturated heterocycles. The van der Waals surface area contributed by atoms with E-state index < -0.39 is 0 Å². The van der Waals surface area contributed by atoms with Gasteiger partial charge in [0.1, 0.15) is 16.3 Å². The molecule has 0 aliphatic carbocycles. The predicted octanol–water partition coefficient (Wildman–Crippen LogP) is 2.68. The molecule has 1 aliphatic rings. The third kappa shape index (κ3) is 1.84. The maximum atomic E-state index is 11.3. The number of ketones is 1. The molecule has 1 aliphatic heterocycles. The van der Waals surface area contributed by atoms with Crippen molar-refractivity contribution in [3.63, 3.8) is 0 Å². The van der Waals surface area contributed by atoms with Gasteiger partial charge in [0.15, 0.2) is 5.78 Å². The summed E-state index contributed by atoms with van der Waals surface area (Å²) in [7, 11) is 0. The van der Waals surface area contributed by atoms with Gasteiger partial charge in [-0.05, 0) is 26.7 Å². The Morgan fingerprint density at radius 1 is 1.60 bits per heavy atom. The number of hydrogen-bond acceptors (Lipinski definition) is 4. The minimum absolute atomic E-state index is 0.0385. The van der Waals surface area contributed by atoms with E-state index in [2.05, 4.69) is 11.9 Å². The van der Waals surface area contributed by atoms with Crippen molar-refractivity contribution >= 4 is 17.1 Å². The largest absolute Gasteiger partial charge is 0.368 e. The number of thiazole rings is 1. The van der Waals surface area contributed by atoms with Crippen LogP contribution in [0.2, 0.25) is 0 Å². The summed E-state index contributed by atoms with van der Waals surface area (Å²) in [5.74, 6) is 0.0385. The van der Waals surface area contributed by atoms with E-state index in [0.29, 0.717) is 5.69 Å². The van der Waals surface area contributed by atoms with Crippen LogP contribution in [0.3, 0.4) is 0 Å². The van der Waals surface area contributed by atoms with E-state index in [-0.39, 0.29) is 11.4 Å². The summed E-state index contributed by atoms with van der Waals surface area (Å²) in [6, 6.07) is 0. The number of ether oxygens (including phenoxy) is 1. The van der Waals surface area contributed by atoms with E-state index in [1.807, 2.05) is 6.92 Å². The molecule has 0 aromatic carbocycles. The van der Waals surface area contributed by atoms with E-state index in [1.54, 1.807) is 18.3 Å². The minimum Gasteiger partial charge on any atom is -0.368 e. The van der Waals surface area contributed by atoms with Crippen molar-refractivity contribution in [2.24, 2.45) is 0 Å². The predicted molar refractivity (Wildman–Crippen MR) is 59.4 cm³/mol. The second kappa shape index (κ2) is 3.68. The molecule has 82 valence electrons. The Bertz CT molecular complexity index is 391. The Labute approximate surface area is 93.5 Å². The summed E-state index contributed by atoms with van der Waals surface area (Å²) in [4.78, 5) is 16.7. The summed E-state index contributed by atoms with van der Waals surface area (Å²) in [5.41, 5.74) is 0.343. The normalized spacial score (nSPS) is 25.8. The van der Waals surface area contributed by atoms with Gasteiger partial charge in [-0.2, -0.15) is 0 Å². The molecule has 0 spiro atoms. The van der Waals surface area contributed by atoms with Crippen LogP contribution in [-0.4, -0.2) is 17.4 Å². The lowest BCUT2D eigenvalue weighted by Crippen LogP contribution is -2.19. The Morgan fingerprint density at radius 3 is 2.80 bits per heavy atom. The average molecular weight is 225 g/mol. The second-order valence-corrected chi connectivity index (χ2v) is 5.37. The van der Waals surface area contributed by atoms with Crippen molar-refractivity contribution < 1.29 is 9.53 Å². The van der Waals surface area contributed by atoms with Gasteiger partial charge in [0, 0.05) is 18.4 Å². The van der Waals surface area contributed by atoms with Crippen LogP contribution in [0.4, 0.5) is 0 Å². The smallest absolute Gasteiger partial charge is 0.179 e. The van der Waals surface area contributed by atoms with Gasteiger partial charge in [0.05, 0.1) is 0 Å². The molecule has 1 unspecified atom stereocenters. The zero-order valence-electron chi connectivity index (χ0n) is 9.29. The quantitative estimate of drug-likeness (QED) is 0.726. The van der Waals surface area contributed by atoms with Gasteiger partial charge >= 0.3 is 0 Å². The molecular weight excluding hydrogens is 210 g/mol. The van der Waals surface area contributed by atoms with Crippen LogP contribution in [0.5, 0.6) is 0 Å². The van der Waals surface area contributed by atoms with Gasteiger partial charge in [-0.15, -0.1) is 11.3 Å². The first-order chi connectivity index (χ1) is 7.03. The van der Waals surface area contributed by atoms with E-state index in [4.69, 9.17) is 4.74 Å². The first-order valence-electron chi connectivity index (χ1n) is 5.16. The van der Waals surface area contributed by atoms with Gasteiger partial charge in [0.2, 0.25) is 0 Å². The molecule has 0 radical (unpaired) electrons. The molecule has 0 amide bonds. The van der Waals surface area contributed by atoms with E-state index >= 15 is 0 Å². The number of Topliss-reactive ketones (excluding diaryl/α,β-unsaturated/α-hetero) is 1. The molecule has 0 N–H and O–H groups in total. The molecule has 0 saturated carbocycles. The summed E-state index contributed by atoms with van der Waals surface area (Å²) >= 11 is 1.58. The molecule has 15 heavy (non-hydrogen) atoms. The molecule has 4 heteroatoms. The second-order valence-electron chi connectivity index (χ2n) is 4.16. The van der Waals surface area contributed by atoms with Gasteiger partial charge in [-0.1, -0.05) is 0 Å². The van der Waals surface area contributed by atoms with Crippen molar-refractivity contribution in [3.8, 4) is 0 Å². The van der Waals surface area contributed by atoms with Crippen LogP contribution in [0.1, 0.15) is 47.1 Å². The SMILES string of the molecule is CC(=O)c1nc(C2(C)CCCO2)sc1C. The van der Waals surface area contributed by atoms with Crippen molar-refractivity contribution in [1.82, 2.24) is 4.98 Å². The lowest BCUT2D eigenvalue weighted by Gasteiger charge is -2.19. The number of carbonyl (C=O) groups excluding carboxylic acids is 1. The Kier molecular flexibility index (Phi) is 2.64. The van der Waals surface area contributed by atoms with Gasteiger partial charge < -0.3 is 4.74 Å². The zero-order chi connectivity index (χ0) is 11.1. The van der Waals surface area contributed by atoms with Crippen LogP contribution >= 0.6 is 11.3 Å². The van der Waals surface area contributed by atoms with Gasteiger partial charge in [-0.25, -0.2) is 4.98 Å². The maximum Gasteiger partial charge on any atom is 0.179 e. The van der Waals surface area contributed by atoms with Crippen LogP contribution in [0.25, 0.3) is 0 Å². The van der Waals surface area contributed by atoms with Crippen molar-refractivity contribution in [3.05, 3.63) is 15.6 Å². The summed E-state index contributed by atoms with van der Waals surface area (Å²) in [6.45, 7) is 6.35. The number of nitrogens with zero attached hydrogens (tertiary/aromatic N) is 1. The fourth-order valence-electron chi connectivity index (χ4n) is 1.90. The highest BCUT2D eigenvalue weighted by Gasteiger charge is 2.35. The number of carbonyl (C=O) groups is 1. The molecular formula is C11H15NO2S. The molecule has 1 aromatic heterocycles. The number of aryl methyl sites for hydroxylation is 1. The molecule has 1 fully saturated rings. The molecule has 2 heterocycles. The molecule has 1 aromatic rings. The van der Waals surface area contributed by atoms with Crippen LogP contribution < -0.4 is 0 Å². The Hall–Kier alpha value is -0.740. The van der Waals surface area contributed by atoms with Gasteiger partial charge in [-0.3, -0.25) is 4.79 Å². The first-order valence-corrected chi connectivity index (χ1v) is 5.97. The molecule has 1 atom stereocenters. The monoisotopic (exact) mass is 225 g/mol. The number of hydrogen-bond donors (Lipinski definition) is 0. The van der Waals surface area contributed by atoms with E-state index in [1.165, 1.54) is 0 Å². The van der Waals surface area contributed by atoms with Crippen molar-refractivity contribution in [2.75, 3.05) is 6.61 Å². The Morgan fingerprint density at radius 2 is 2.33 bits per heavy atom. The number of aromatic nitrogens is 1. The summed E-state index contributed by atoms with van der Waals surface area (Å²) < 4.78 is 5.71. The highest BCUT2D eigenvalue weighted by atomic mass is 32.1. The van der Waals surface area contributed by atoms with Crippen molar-refractivity contribution in [1.29, 1.82) is 0 Å². The average Bonchev–Trinajstić information content (AvgIpc) is 2.72. The third-order valence-corrected chi connectivity index (χ3v) is 4.02. The lowest BCUT2D eigenvalue weighted by molar-refractivity contribution is 0.0166. The standard InChI is InChI=1S/C11H15NO2S/c1-7(13)9-8(2)15-10(12-9)11(3)5-4-6-14-11/h4-6H2,1-3H3. The lowest BCUT2D eigenvalue weighted by atomic mass is 10.0. The van der Waals surface area contributed by atoms with E-state index in [0.717, 1.165) is 29.3 Å². The number of rotatable bonds is 2. The van der Waals surface area contributed by atoms with Crippen LogP contribution in [-0.2, 0) is 10.3 Å². The summed E-state index contributed by atoms with van der Waals surface area (Å²) in [6.07, 6.45) is 2.07. The third-order valence-electron chi connectivity index (χ3n) is 2.80. The maximum absolute atomic E-state index is 11.3. The van der Waals surface area contributed by atoms with Crippen LogP contribution in [0, 0.1) is 6.92 Å². The fraction of sp³-hybridized carbons (Fsp3) is 0.636.